The van der Waals surface area contributed by atoms with E-state index in [2.05, 4.69) is 21.0 Å². The Balaban J connectivity index is 2.43. The van der Waals surface area contributed by atoms with Gasteiger partial charge in [-0.2, -0.15) is 5.10 Å². The van der Waals surface area contributed by atoms with E-state index in [1.807, 2.05) is 6.92 Å². The molecule has 1 unspecified atom stereocenters. The normalized spacial score (nSPS) is 12.7. The van der Waals surface area contributed by atoms with Crippen molar-refractivity contribution in [3.63, 3.8) is 0 Å². The molecular formula is C11H11BrFN3. The van der Waals surface area contributed by atoms with Gasteiger partial charge in [-0.25, -0.2) is 9.07 Å². The van der Waals surface area contributed by atoms with Crippen molar-refractivity contribution in [2.24, 2.45) is 0 Å². The maximum absolute atomic E-state index is 13.6. The number of benzene rings is 1. The molecule has 5 heteroatoms. The molecule has 84 valence electrons. The van der Waals surface area contributed by atoms with E-state index in [1.54, 1.807) is 29.1 Å². The van der Waals surface area contributed by atoms with Crippen molar-refractivity contribution in [2.75, 3.05) is 5.73 Å². The van der Waals surface area contributed by atoms with Crippen molar-refractivity contribution < 1.29 is 4.39 Å². The summed E-state index contributed by atoms with van der Waals surface area (Å²) in [5.74, 6) is 0.247. The summed E-state index contributed by atoms with van der Waals surface area (Å²) in [5.41, 5.74) is 6.40. The zero-order valence-corrected chi connectivity index (χ0v) is 10.3. The molecule has 1 heterocycles. The summed E-state index contributed by atoms with van der Waals surface area (Å²) in [6, 6.07) is 6.39. The molecular weight excluding hydrogens is 273 g/mol. The number of nitrogens with two attached hydrogens (primary N) is 1. The Kier molecular flexibility index (Phi) is 2.96. The van der Waals surface area contributed by atoms with E-state index in [4.69, 9.17) is 5.73 Å². The molecule has 0 saturated carbocycles. The van der Waals surface area contributed by atoms with Crippen LogP contribution in [0.25, 0.3) is 0 Å². The second-order valence-electron chi connectivity index (χ2n) is 3.52. The standard InChI is InChI=1S/C11H11BrFN3/c1-7(8-4-2-3-5-10(8)13)16-11(14)9(12)6-15-16/h2-7H,14H2,1H3. The van der Waals surface area contributed by atoms with Crippen LogP contribution in [0, 0.1) is 5.82 Å². The smallest absolute Gasteiger partial charge is 0.136 e. The number of nitrogen functional groups attached to an aromatic ring is 1. The van der Waals surface area contributed by atoms with Gasteiger partial charge in [-0.1, -0.05) is 18.2 Å². The van der Waals surface area contributed by atoms with Gasteiger partial charge >= 0.3 is 0 Å². The van der Waals surface area contributed by atoms with Crippen molar-refractivity contribution in [1.29, 1.82) is 0 Å². The molecule has 0 amide bonds. The van der Waals surface area contributed by atoms with Crippen LogP contribution in [-0.4, -0.2) is 9.78 Å². The largest absolute Gasteiger partial charge is 0.383 e. The van der Waals surface area contributed by atoms with Gasteiger partial charge in [0.25, 0.3) is 0 Å². The Labute approximate surface area is 101 Å². The first kappa shape index (κ1) is 11.1. The summed E-state index contributed by atoms with van der Waals surface area (Å²) in [6.45, 7) is 1.86. The molecule has 0 bridgehead atoms. The Morgan fingerprint density at radius 3 is 2.69 bits per heavy atom. The number of rotatable bonds is 2. The SMILES string of the molecule is CC(c1ccccc1F)n1ncc(Br)c1N. The van der Waals surface area contributed by atoms with E-state index < -0.39 is 0 Å². The minimum absolute atomic E-state index is 0.229. The van der Waals surface area contributed by atoms with Crippen LogP contribution >= 0.6 is 15.9 Å². The number of hydrogen-bond acceptors (Lipinski definition) is 2. The maximum atomic E-state index is 13.6. The summed E-state index contributed by atoms with van der Waals surface area (Å²) >= 11 is 3.27. The summed E-state index contributed by atoms with van der Waals surface area (Å²) < 4.78 is 15.9. The molecule has 0 aliphatic heterocycles. The lowest BCUT2D eigenvalue weighted by Gasteiger charge is -2.14. The van der Waals surface area contributed by atoms with Crippen LogP contribution in [0.3, 0.4) is 0 Å². The number of hydrogen-bond donors (Lipinski definition) is 1. The Morgan fingerprint density at radius 2 is 2.12 bits per heavy atom. The summed E-state index contributed by atoms with van der Waals surface area (Å²) in [4.78, 5) is 0. The number of aromatic nitrogens is 2. The predicted octanol–water partition coefficient (Wildman–Crippen LogP) is 2.98. The molecule has 16 heavy (non-hydrogen) atoms. The van der Waals surface area contributed by atoms with Crippen LogP contribution in [0.4, 0.5) is 10.2 Å². The van der Waals surface area contributed by atoms with E-state index in [-0.39, 0.29) is 11.9 Å². The number of anilines is 1. The monoisotopic (exact) mass is 283 g/mol. The molecule has 2 N–H and O–H groups in total. The van der Waals surface area contributed by atoms with E-state index in [9.17, 15) is 4.39 Å². The first-order valence-corrected chi connectivity index (χ1v) is 5.63. The zero-order valence-electron chi connectivity index (χ0n) is 8.69. The zero-order chi connectivity index (χ0) is 11.7. The fourth-order valence-corrected chi connectivity index (χ4v) is 1.88. The highest BCUT2D eigenvalue weighted by Gasteiger charge is 2.16. The lowest BCUT2D eigenvalue weighted by Crippen LogP contribution is -2.12. The average Bonchev–Trinajstić information content (AvgIpc) is 2.60. The molecule has 3 nitrogen and oxygen atoms in total. The van der Waals surface area contributed by atoms with Crippen molar-refractivity contribution in [1.82, 2.24) is 9.78 Å². The minimum Gasteiger partial charge on any atom is -0.383 e. The highest BCUT2D eigenvalue weighted by atomic mass is 79.9. The molecule has 2 aromatic rings. The van der Waals surface area contributed by atoms with Gasteiger partial charge in [0.05, 0.1) is 16.7 Å². The van der Waals surface area contributed by atoms with E-state index in [0.717, 1.165) is 4.47 Å². The fraction of sp³-hybridized carbons (Fsp3) is 0.182. The van der Waals surface area contributed by atoms with Gasteiger partial charge in [-0.15, -0.1) is 0 Å². The molecule has 1 aromatic heterocycles. The van der Waals surface area contributed by atoms with Crippen molar-refractivity contribution in [2.45, 2.75) is 13.0 Å². The van der Waals surface area contributed by atoms with Gasteiger partial charge in [0.1, 0.15) is 11.6 Å². The maximum Gasteiger partial charge on any atom is 0.136 e. The molecule has 1 aromatic carbocycles. The van der Waals surface area contributed by atoms with E-state index in [0.29, 0.717) is 11.4 Å². The van der Waals surface area contributed by atoms with Gasteiger partial charge in [-0.3, -0.25) is 0 Å². The predicted molar refractivity (Wildman–Crippen MR) is 64.6 cm³/mol. The Hall–Kier alpha value is -1.36. The third-order valence-electron chi connectivity index (χ3n) is 2.51. The van der Waals surface area contributed by atoms with Crippen LogP contribution in [0.1, 0.15) is 18.5 Å². The first-order chi connectivity index (χ1) is 7.61. The van der Waals surface area contributed by atoms with Crippen LogP contribution < -0.4 is 5.73 Å². The lowest BCUT2D eigenvalue weighted by molar-refractivity contribution is 0.526. The minimum atomic E-state index is -0.249. The van der Waals surface area contributed by atoms with Gasteiger partial charge in [0.2, 0.25) is 0 Å². The lowest BCUT2D eigenvalue weighted by atomic mass is 10.1. The quantitative estimate of drug-likeness (QED) is 0.921. The highest BCUT2D eigenvalue weighted by Crippen LogP contribution is 2.26. The van der Waals surface area contributed by atoms with E-state index in [1.165, 1.54) is 6.07 Å². The molecule has 0 saturated heterocycles. The van der Waals surface area contributed by atoms with Crippen molar-refractivity contribution in [3.8, 4) is 0 Å². The second-order valence-corrected chi connectivity index (χ2v) is 4.37. The third kappa shape index (κ3) is 1.82. The fourth-order valence-electron chi connectivity index (χ4n) is 1.60. The summed E-state index contributed by atoms with van der Waals surface area (Å²) in [6.07, 6.45) is 1.60. The molecule has 1 atom stereocenters. The summed E-state index contributed by atoms with van der Waals surface area (Å²) in [5, 5.41) is 4.11. The van der Waals surface area contributed by atoms with Crippen LogP contribution in [0.2, 0.25) is 0 Å². The van der Waals surface area contributed by atoms with Crippen LogP contribution in [0.15, 0.2) is 34.9 Å². The topological polar surface area (TPSA) is 43.8 Å². The van der Waals surface area contributed by atoms with E-state index >= 15 is 0 Å². The second kappa shape index (κ2) is 4.25. The van der Waals surface area contributed by atoms with Crippen LogP contribution in [0.5, 0.6) is 0 Å². The molecule has 0 spiro atoms. The highest BCUT2D eigenvalue weighted by molar-refractivity contribution is 9.10. The van der Waals surface area contributed by atoms with Gasteiger partial charge in [0.15, 0.2) is 0 Å². The molecule has 0 radical (unpaired) electrons. The molecule has 0 aliphatic rings. The summed E-state index contributed by atoms with van der Waals surface area (Å²) in [7, 11) is 0. The third-order valence-corrected chi connectivity index (χ3v) is 3.12. The molecule has 0 fully saturated rings. The number of halogens is 2. The average molecular weight is 284 g/mol. The van der Waals surface area contributed by atoms with Gasteiger partial charge in [-0.05, 0) is 28.9 Å². The van der Waals surface area contributed by atoms with Crippen molar-refractivity contribution >= 4 is 21.7 Å². The van der Waals surface area contributed by atoms with Crippen LogP contribution in [-0.2, 0) is 0 Å². The Morgan fingerprint density at radius 1 is 1.44 bits per heavy atom. The number of nitrogens with zero attached hydrogens (tertiary/aromatic N) is 2. The molecule has 0 aliphatic carbocycles. The Bertz CT molecular complexity index is 510. The van der Waals surface area contributed by atoms with Gasteiger partial charge in [0, 0.05) is 5.56 Å². The van der Waals surface area contributed by atoms with Gasteiger partial charge < -0.3 is 5.73 Å². The first-order valence-electron chi connectivity index (χ1n) is 4.84. The van der Waals surface area contributed by atoms with Crippen molar-refractivity contribution in [3.05, 3.63) is 46.3 Å². The molecule has 2 rings (SSSR count).